The highest BCUT2D eigenvalue weighted by atomic mass is 19.4. The summed E-state index contributed by atoms with van der Waals surface area (Å²) in [5.74, 6) is -1.72. The summed E-state index contributed by atoms with van der Waals surface area (Å²) in [6, 6.07) is 7.34. The van der Waals surface area contributed by atoms with Gasteiger partial charge in [-0.2, -0.15) is 13.2 Å². The smallest absolute Gasteiger partial charge is 0.416 e. The van der Waals surface area contributed by atoms with Gasteiger partial charge in [0.1, 0.15) is 0 Å². The van der Waals surface area contributed by atoms with E-state index in [2.05, 4.69) is 10.6 Å². The molecule has 0 saturated carbocycles. The van der Waals surface area contributed by atoms with Crippen LogP contribution in [-0.4, -0.2) is 25.5 Å². The quantitative estimate of drug-likeness (QED) is 0.733. The van der Waals surface area contributed by atoms with Gasteiger partial charge in [-0.3, -0.25) is 9.59 Å². The summed E-state index contributed by atoms with van der Waals surface area (Å²) >= 11 is 0. The summed E-state index contributed by atoms with van der Waals surface area (Å²) < 4.78 is 56.1. The van der Waals surface area contributed by atoms with E-state index in [1.165, 1.54) is 19.2 Å². The van der Waals surface area contributed by atoms with E-state index in [1.54, 1.807) is 13.0 Å². The number of carbonyl (C=O) groups excluding carboxylic acids is 2. The number of methoxy groups -OCH3 is 1. The molecule has 9 heteroatoms. The number of nitrogens with one attached hydrogen (secondary N) is 2. The summed E-state index contributed by atoms with van der Waals surface area (Å²) in [4.78, 5) is 23.9. The second kappa shape index (κ2) is 8.73. The molecule has 0 aromatic heterocycles. The fourth-order valence-corrected chi connectivity index (χ4v) is 2.40. The summed E-state index contributed by atoms with van der Waals surface area (Å²) in [7, 11) is 1.34. The molecule has 0 fully saturated rings. The van der Waals surface area contributed by atoms with Gasteiger partial charge in [-0.05, 0) is 48.9 Å². The first kappa shape index (κ1) is 21.2. The predicted molar refractivity (Wildman–Crippen MR) is 93.3 cm³/mol. The average molecular weight is 398 g/mol. The van der Waals surface area contributed by atoms with Crippen molar-refractivity contribution in [2.75, 3.05) is 13.7 Å². The first-order valence-corrected chi connectivity index (χ1v) is 8.20. The second-order valence-corrected chi connectivity index (χ2v) is 5.94. The lowest BCUT2D eigenvalue weighted by Crippen LogP contribution is -2.38. The van der Waals surface area contributed by atoms with Crippen LogP contribution in [0.4, 0.5) is 17.6 Å². The Morgan fingerprint density at radius 1 is 1.11 bits per heavy atom. The third kappa shape index (κ3) is 5.45. The molecule has 0 spiro atoms. The lowest BCUT2D eigenvalue weighted by atomic mass is 10.1. The molecule has 28 heavy (non-hydrogen) atoms. The number of rotatable bonds is 6. The normalized spacial score (nSPS) is 12.2. The Morgan fingerprint density at radius 2 is 1.75 bits per heavy atom. The largest absolute Gasteiger partial charge is 0.494 e. The molecule has 0 bridgehead atoms. The SMILES string of the molecule is COc1ccc([C@H](C)NC(=O)CNC(=O)c2ccc(C(F)(F)F)cc2)cc1F. The van der Waals surface area contributed by atoms with Crippen molar-refractivity contribution in [2.45, 2.75) is 19.1 Å². The van der Waals surface area contributed by atoms with Gasteiger partial charge in [-0.15, -0.1) is 0 Å². The van der Waals surface area contributed by atoms with Crippen molar-refractivity contribution in [3.8, 4) is 5.75 Å². The molecule has 0 aliphatic rings. The van der Waals surface area contributed by atoms with Gasteiger partial charge >= 0.3 is 6.18 Å². The Hall–Kier alpha value is -3.10. The first-order chi connectivity index (χ1) is 13.1. The van der Waals surface area contributed by atoms with Gasteiger partial charge in [0, 0.05) is 5.56 Å². The maximum Gasteiger partial charge on any atom is 0.416 e. The zero-order valence-electron chi connectivity index (χ0n) is 15.1. The minimum atomic E-state index is -4.49. The maximum absolute atomic E-state index is 13.7. The van der Waals surface area contributed by atoms with Crippen LogP contribution in [0.1, 0.15) is 34.5 Å². The summed E-state index contributed by atoms with van der Waals surface area (Å²) in [6.45, 7) is 1.25. The lowest BCUT2D eigenvalue weighted by Gasteiger charge is -2.15. The van der Waals surface area contributed by atoms with Crippen molar-refractivity contribution in [2.24, 2.45) is 0 Å². The predicted octanol–water partition coefficient (Wildman–Crippen LogP) is 3.46. The molecule has 0 unspecified atom stereocenters. The highest BCUT2D eigenvalue weighted by molar-refractivity contribution is 5.96. The van der Waals surface area contributed by atoms with Gasteiger partial charge in [0.25, 0.3) is 5.91 Å². The molecule has 0 aliphatic heterocycles. The Labute approximate surface area is 158 Å². The topological polar surface area (TPSA) is 67.4 Å². The molecule has 2 rings (SSSR count). The molecule has 0 heterocycles. The van der Waals surface area contributed by atoms with Crippen LogP contribution >= 0.6 is 0 Å². The van der Waals surface area contributed by atoms with Gasteiger partial charge in [-0.1, -0.05) is 6.07 Å². The fraction of sp³-hybridized carbons (Fsp3) is 0.263. The van der Waals surface area contributed by atoms with Crippen molar-refractivity contribution in [3.05, 3.63) is 65.0 Å². The monoisotopic (exact) mass is 398 g/mol. The van der Waals surface area contributed by atoms with E-state index in [1.807, 2.05) is 0 Å². The first-order valence-electron chi connectivity index (χ1n) is 8.20. The molecule has 0 aliphatic carbocycles. The third-order valence-electron chi connectivity index (χ3n) is 3.94. The molecule has 2 aromatic rings. The van der Waals surface area contributed by atoms with E-state index in [0.29, 0.717) is 5.56 Å². The van der Waals surface area contributed by atoms with Gasteiger partial charge in [0.05, 0.1) is 25.3 Å². The maximum atomic E-state index is 13.7. The van der Waals surface area contributed by atoms with Crippen LogP contribution in [0.2, 0.25) is 0 Å². The van der Waals surface area contributed by atoms with E-state index in [0.717, 1.165) is 24.3 Å². The highest BCUT2D eigenvalue weighted by Gasteiger charge is 2.30. The van der Waals surface area contributed by atoms with E-state index in [9.17, 15) is 27.2 Å². The van der Waals surface area contributed by atoms with Crippen LogP contribution in [0.3, 0.4) is 0 Å². The Balaban J connectivity index is 1.89. The lowest BCUT2D eigenvalue weighted by molar-refractivity contribution is -0.137. The molecular formula is C19H18F4N2O3. The summed E-state index contributed by atoms with van der Waals surface area (Å²) in [5.41, 5.74) is -0.380. The van der Waals surface area contributed by atoms with Crippen LogP contribution in [0.25, 0.3) is 0 Å². The summed E-state index contributed by atoms with van der Waals surface area (Å²) in [5, 5.41) is 4.90. The average Bonchev–Trinajstić information content (AvgIpc) is 2.65. The Bertz CT molecular complexity index is 851. The standard InChI is InChI=1S/C19H18F4N2O3/c1-11(13-5-8-16(28-2)15(20)9-13)25-17(26)10-24-18(27)12-3-6-14(7-4-12)19(21,22)23/h3-9,11H,10H2,1-2H3,(H,24,27)(H,25,26)/t11-/m0/s1. The number of alkyl halides is 3. The van der Waals surface area contributed by atoms with E-state index < -0.39 is 35.4 Å². The molecule has 1 atom stereocenters. The van der Waals surface area contributed by atoms with Gasteiger partial charge in [0.2, 0.25) is 5.91 Å². The van der Waals surface area contributed by atoms with E-state index in [4.69, 9.17) is 4.74 Å². The number of halogens is 4. The van der Waals surface area contributed by atoms with Crippen molar-refractivity contribution in [1.29, 1.82) is 0 Å². The number of hydrogen-bond acceptors (Lipinski definition) is 3. The fourth-order valence-electron chi connectivity index (χ4n) is 2.40. The minimum Gasteiger partial charge on any atom is -0.494 e. The zero-order valence-corrected chi connectivity index (χ0v) is 15.1. The number of amides is 2. The number of ether oxygens (including phenoxy) is 1. The second-order valence-electron chi connectivity index (χ2n) is 5.94. The van der Waals surface area contributed by atoms with Crippen LogP contribution < -0.4 is 15.4 Å². The van der Waals surface area contributed by atoms with Crippen molar-refractivity contribution < 1.29 is 31.9 Å². The summed E-state index contributed by atoms with van der Waals surface area (Å²) in [6.07, 6.45) is -4.49. The zero-order chi connectivity index (χ0) is 20.9. The Kier molecular flexibility index (Phi) is 6.61. The number of benzene rings is 2. The van der Waals surface area contributed by atoms with Crippen LogP contribution in [0, 0.1) is 5.82 Å². The van der Waals surface area contributed by atoms with Crippen LogP contribution in [0.15, 0.2) is 42.5 Å². The molecule has 0 saturated heterocycles. The van der Waals surface area contributed by atoms with Crippen molar-refractivity contribution in [3.63, 3.8) is 0 Å². The molecule has 0 radical (unpaired) electrons. The van der Waals surface area contributed by atoms with Crippen LogP contribution in [-0.2, 0) is 11.0 Å². The van der Waals surface area contributed by atoms with E-state index in [-0.39, 0.29) is 17.9 Å². The molecular weight excluding hydrogens is 380 g/mol. The third-order valence-corrected chi connectivity index (χ3v) is 3.94. The van der Waals surface area contributed by atoms with E-state index >= 15 is 0 Å². The molecule has 2 amide bonds. The van der Waals surface area contributed by atoms with Gasteiger partial charge < -0.3 is 15.4 Å². The van der Waals surface area contributed by atoms with Crippen molar-refractivity contribution >= 4 is 11.8 Å². The Morgan fingerprint density at radius 3 is 2.29 bits per heavy atom. The molecule has 5 nitrogen and oxygen atoms in total. The number of carbonyl (C=O) groups is 2. The molecule has 2 aromatic carbocycles. The van der Waals surface area contributed by atoms with Gasteiger partial charge in [-0.25, -0.2) is 4.39 Å². The van der Waals surface area contributed by atoms with Crippen LogP contribution in [0.5, 0.6) is 5.75 Å². The molecule has 150 valence electrons. The number of hydrogen-bond donors (Lipinski definition) is 2. The van der Waals surface area contributed by atoms with Gasteiger partial charge in [0.15, 0.2) is 11.6 Å². The minimum absolute atomic E-state index is 0.00826. The highest BCUT2D eigenvalue weighted by Crippen LogP contribution is 2.29. The molecule has 2 N–H and O–H groups in total. The van der Waals surface area contributed by atoms with Crippen molar-refractivity contribution in [1.82, 2.24) is 10.6 Å².